The van der Waals surface area contributed by atoms with Crippen LogP contribution >= 0.6 is 0 Å². The van der Waals surface area contributed by atoms with Crippen molar-refractivity contribution >= 4 is 11.8 Å². The zero-order valence-electron chi connectivity index (χ0n) is 26.0. The Morgan fingerprint density at radius 3 is 2.58 bits per heavy atom. The normalized spacial score (nSPS) is 18.3. The lowest BCUT2D eigenvalue weighted by atomic mass is 9.84. The van der Waals surface area contributed by atoms with Crippen LogP contribution in [0.3, 0.4) is 0 Å². The summed E-state index contributed by atoms with van der Waals surface area (Å²) in [5, 5.41) is 8.27. The SMILES string of the molecule is CC(n1cc(-c2cncc(OCC(F)(F)F)c2)nn1)n1ccc(N2CCC[C@@H](N(CC3CCC3)C(=O)OC(C)(C)C)C2)cc1=O. The molecule has 1 aliphatic carbocycles. The first kappa shape index (κ1) is 32.3. The largest absolute Gasteiger partial charge is 0.482 e. The molecule has 0 radical (unpaired) electrons. The molecule has 244 valence electrons. The molecule has 2 atom stereocenters. The average Bonchev–Trinajstić information content (AvgIpc) is 3.45. The van der Waals surface area contributed by atoms with Crippen LogP contribution in [0.25, 0.3) is 11.3 Å². The van der Waals surface area contributed by atoms with Crippen LogP contribution in [0.5, 0.6) is 5.75 Å². The van der Waals surface area contributed by atoms with Gasteiger partial charge in [-0.15, -0.1) is 5.10 Å². The molecule has 1 saturated carbocycles. The molecule has 3 aromatic rings. The number of hydrogen-bond donors (Lipinski definition) is 0. The van der Waals surface area contributed by atoms with E-state index in [2.05, 4.69) is 20.2 Å². The first-order chi connectivity index (χ1) is 21.3. The van der Waals surface area contributed by atoms with Gasteiger partial charge in [0, 0.05) is 49.3 Å². The molecule has 2 aliphatic rings. The second-order valence-corrected chi connectivity index (χ2v) is 12.8. The molecule has 2 fully saturated rings. The number of hydrogen-bond acceptors (Lipinski definition) is 8. The minimum absolute atomic E-state index is 0.0176. The zero-order valence-corrected chi connectivity index (χ0v) is 26.0. The summed E-state index contributed by atoms with van der Waals surface area (Å²) in [6.07, 6.45) is 5.85. The summed E-state index contributed by atoms with van der Waals surface area (Å²) in [5.41, 5.74) is 0.755. The quantitative estimate of drug-likeness (QED) is 0.304. The molecule has 4 heterocycles. The van der Waals surface area contributed by atoms with E-state index in [4.69, 9.17) is 9.47 Å². The van der Waals surface area contributed by atoms with E-state index in [0.717, 1.165) is 37.9 Å². The fraction of sp³-hybridized carbons (Fsp3) is 0.581. The summed E-state index contributed by atoms with van der Waals surface area (Å²) in [5.74, 6) is 0.454. The summed E-state index contributed by atoms with van der Waals surface area (Å²) in [6, 6.07) is 4.86. The summed E-state index contributed by atoms with van der Waals surface area (Å²) in [4.78, 5) is 34.5. The third kappa shape index (κ3) is 8.34. The Hall–Kier alpha value is -4.10. The molecule has 45 heavy (non-hydrogen) atoms. The molecule has 1 saturated heterocycles. The number of halogens is 3. The maximum atomic E-state index is 13.3. The van der Waals surface area contributed by atoms with Gasteiger partial charge in [0.1, 0.15) is 23.2 Å². The number of carbonyl (C=O) groups is 1. The first-order valence-electron chi connectivity index (χ1n) is 15.3. The van der Waals surface area contributed by atoms with Gasteiger partial charge < -0.3 is 19.3 Å². The lowest BCUT2D eigenvalue weighted by Gasteiger charge is -2.43. The van der Waals surface area contributed by atoms with Crippen molar-refractivity contribution in [3.05, 3.63) is 53.3 Å². The number of carbonyl (C=O) groups excluding carboxylic acids is 1. The highest BCUT2D eigenvalue weighted by atomic mass is 19.4. The highest BCUT2D eigenvalue weighted by Crippen LogP contribution is 2.31. The Morgan fingerprint density at radius 1 is 1.13 bits per heavy atom. The first-order valence-corrected chi connectivity index (χ1v) is 15.3. The van der Waals surface area contributed by atoms with Gasteiger partial charge >= 0.3 is 12.3 Å². The van der Waals surface area contributed by atoms with Crippen LogP contribution in [-0.2, 0) is 4.74 Å². The van der Waals surface area contributed by atoms with Crippen molar-refractivity contribution in [1.29, 1.82) is 0 Å². The number of aromatic nitrogens is 5. The van der Waals surface area contributed by atoms with E-state index in [0.29, 0.717) is 30.3 Å². The maximum Gasteiger partial charge on any atom is 0.422 e. The van der Waals surface area contributed by atoms with Gasteiger partial charge in [0.15, 0.2) is 6.61 Å². The molecular weight excluding hydrogens is 591 g/mol. The molecule has 0 spiro atoms. The number of nitrogens with zero attached hydrogens (tertiary/aromatic N) is 7. The van der Waals surface area contributed by atoms with Crippen molar-refractivity contribution in [2.24, 2.45) is 5.92 Å². The third-order valence-corrected chi connectivity index (χ3v) is 8.15. The van der Waals surface area contributed by atoms with E-state index in [1.165, 1.54) is 34.1 Å². The van der Waals surface area contributed by atoms with E-state index in [1.807, 2.05) is 31.7 Å². The second kappa shape index (κ2) is 13.1. The van der Waals surface area contributed by atoms with Crippen LogP contribution in [0.15, 0.2) is 47.8 Å². The van der Waals surface area contributed by atoms with Crippen molar-refractivity contribution in [2.45, 2.75) is 83.8 Å². The van der Waals surface area contributed by atoms with Crippen LogP contribution in [0.4, 0.5) is 23.7 Å². The van der Waals surface area contributed by atoms with E-state index < -0.39 is 24.6 Å². The average molecular weight is 632 g/mol. The number of anilines is 1. The van der Waals surface area contributed by atoms with E-state index in [1.54, 1.807) is 25.4 Å². The Labute approximate surface area is 259 Å². The van der Waals surface area contributed by atoms with Gasteiger partial charge in [-0.25, -0.2) is 9.48 Å². The fourth-order valence-electron chi connectivity index (χ4n) is 5.60. The summed E-state index contributed by atoms with van der Waals surface area (Å²) in [6.45, 7) is 8.06. The molecule has 1 amide bonds. The Morgan fingerprint density at radius 2 is 1.91 bits per heavy atom. The Balaban J connectivity index is 1.28. The van der Waals surface area contributed by atoms with Crippen LogP contribution in [-0.4, -0.2) is 79.6 Å². The van der Waals surface area contributed by atoms with Crippen LogP contribution in [0, 0.1) is 5.92 Å². The van der Waals surface area contributed by atoms with Gasteiger partial charge in [-0.2, -0.15) is 13.2 Å². The highest BCUT2D eigenvalue weighted by molar-refractivity contribution is 5.69. The standard InChI is InChI=1S/C31H40F3N7O4/c1-21(41-19-27(36-37-41)23-13-26(16-35-15-23)44-20-31(32,33)34)39-12-10-24(14-28(39)42)38-11-6-9-25(18-38)40(17-22-7-5-8-22)29(43)45-30(2,3)4/h10,12-16,19,21-22,25H,5-9,11,17-18,20H2,1-4H3/t21?,25-/m1/s1. The zero-order chi connectivity index (χ0) is 32.4. The minimum atomic E-state index is -4.47. The summed E-state index contributed by atoms with van der Waals surface area (Å²) < 4.78 is 51.2. The van der Waals surface area contributed by atoms with Crippen LogP contribution in [0.1, 0.15) is 66.0 Å². The number of ether oxygens (including phenoxy) is 2. The van der Waals surface area contributed by atoms with Gasteiger partial charge in [0.05, 0.1) is 18.4 Å². The van der Waals surface area contributed by atoms with Gasteiger partial charge in [-0.05, 0) is 71.4 Å². The number of rotatable bonds is 9. The third-order valence-electron chi connectivity index (χ3n) is 8.15. The Kier molecular flexibility index (Phi) is 9.40. The van der Waals surface area contributed by atoms with Crippen molar-refractivity contribution < 1.29 is 27.4 Å². The minimum Gasteiger partial charge on any atom is -0.482 e. The molecule has 0 N–H and O–H groups in total. The van der Waals surface area contributed by atoms with E-state index >= 15 is 0 Å². The van der Waals surface area contributed by atoms with E-state index in [9.17, 15) is 22.8 Å². The number of piperidine rings is 1. The van der Waals surface area contributed by atoms with Crippen molar-refractivity contribution in [2.75, 3.05) is 31.1 Å². The molecule has 0 bridgehead atoms. The lowest BCUT2D eigenvalue weighted by Crippen LogP contribution is -2.53. The molecule has 14 heteroatoms. The molecular formula is C31H40F3N7O4. The topological polar surface area (TPSA) is 108 Å². The monoisotopic (exact) mass is 631 g/mol. The van der Waals surface area contributed by atoms with E-state index in [-0.39, 0.29) is 23.4 Å². The predicted octanol–water partition coefficient (Wildman–Crippen LogP) is 5.52. The summed E-state index contributed by atoms with van der Waals surface area (Å²) in [7, 11) is 0. The molecule has 3 aromatic heterocycles. The van der Waals surface area contributed by atoms with Crippen molar-refractivity contribution in [3.8, 4) is 17.0 Å². The number of amides is 1. The fourth-order valence-corrected chi connectivity index (χ4v) is 5.60. The maximum absolute atomic E-state index is 13.3. The van der Waals surface area contributed by atoms with Gasteiger partial charge in [-0.1, -0.05) is 11.6 Å². The molecule has 1 unspecified atom stereocenters. The van der Waals surface area contributed by atoms with Gasteiger partial charge in [-0.3, -0.25) is 14.3 Å². The van der Waals surface area contributed by atoms with Gasteiger partial charge in [0.25, 0.3) is 5.56 Å². The predicted molar refractivity (Wildman–Crippen MR) is 161 cm³/mol. The molecule has 1 aliphatic heterocycles. The van der Waals surface area contributed by atoms with Gasteiger partial charge in [0.2, 0.25) is 0 Å². The lowest BCUT2D eigenvalue weighted by molar-refractivity contribution is -0.153. The molecule has 11 nitrogen and oxygen atoms in total. The molecule has 0 aromatic carbocycles. The number of alkyl halides is 3. The molecule has 5 rings (SSSR count). The van der Waals surface area contributed by atoms with Crippen molar-refractivity contribution in [3.63, 3.8) is 0 Å². The number of pyridine rings is 2. The van der Waals surface area contributed by atoms with Crippen LogP contribution < -0.4 is 15.2 Å². The van der Waals surface area contributed by atoms with Crippen molar-refractivity contribution in [1.82, 2.24) is 29.4 Å². The smallest absolute Gasteiger partial charge is 0.422 e. The second-order valence-electron chi connectivity index (χ2n) is 12.8. The highest BCUT2D eigenvalue weighted by Gasteiger charge is 2.35. The van der Waals surface area contributed by atoms with Crippen LogP contribution in [0.2, 0.25) is 0 Å². The Bertz CT molecular complexity index is 1530. The summed E-state index contributed by atoms with van der Waals surface area (Å²) >= 11 is 0.